The Bertz CT molecular complexity index is 310. The van der Waals surface area contributed by atoms with Crippen LogP contribution in [-0.4, -0.2) is 21.9 Å². The van der Waals surface area contributed by atoms with Gasteiger partial charge in [0, 0.05) is 25.2 Å². The predicted molar refractivity (Wildman–Crippen MR) is 61.8 cm³/mol. The van der Waals surface area contributed by atoms with E-state index >= 15 is 0 Å². The van der Waals surface area contributed by atoms with Crippen LogP contribution in [0.25, 0.3) is 0 Å². The zero-order valence-corrected chi connectivity index (χ0v) is 9.79. The van der Waals surface area contributed by atoms with Crippen LogP contribution in [0.1, 0.15) is 38.3 Å². The second-order valence-corrected chi connectivity index (χ2v) is 4.72. The lowest BCUT2D eigenvalue weighted by atomic mass is 9.87. The van der Waals surface area contributed by atoms with Gasteiger partial charge in [0.05, 0.1) is 5.69 Å². The lowest BCUT2D eigenvalue weighted by molar-refractivity contribution is 0.338. The number of hydrogen-bond donors (Lipinski definition) is 1. The Morgan fingerprint density at radius 2 is 2.47 bits per heavy atom. The zero-order valence-electron chi connectivity index (χ0n) is 9.79. The quantitative estimate of drug-likeness (QED) is 0.817. The van der Waals surface area contributed by atoms with Gasteiger partial charge in [-0.1, -0.05) is 13.3 Å². The van der Waals surface area contributed by atoms with Crippen molar-refractivity contribution in [2.45, 2.75) is 44.6 Å². The Morgan fingerprint density at radius 3 is 3.00 bits per heavy atom. The summed E-state index contributed by atoms with van der Waals surface area (Å²) >= 11 is 0. The van der Waals surface area contributed by atoms with Gasteiger partial charge in [-0.3, -0.25) is 4.68 Å². The first-order valence-electron chi connectivity index (χ1n) is 5.98. The summed E-state index contributed by atoms with van der Waals surface area (Å²) in [5.74, 6) is 0. The molecule has 15 heavy (non-hydrogen) atoms. The van der Waals surface area contributed by atoms with Crippen molar-refractivity contribution in [1.29, 1.82) is 0 Å². The van der Waals surface area contributed by atoms with E-state index in [9.17, 15) is 0 Å². The highest BCUT2D eigenvalue weighted by molar-refractivity contribution is 5.07. The molecule has 1 saturated heterocycles. The van der Waals surface area contributed by atoms with Gasteiger partial charge in [-0.15, -0.1) is 0 Å². The standard InChI is InChI=1S/C12H21N3/c1-3-6-12(7-4-8-13-12)10-11-5-9-15(2)14-11/h5,9,13H,3-4,6-8,10H2,1-2H3. The van der Waals surface area contributed by atoms with Crippen molar-refractivity contribution in [3.05, 3.63) is 18.0 Å². The van der Waals surface area contributed by atoms with Crippen molar-refractivity contribution in [2.24, 2.45) is 7.05 Å². The largest absolute Gasteiger partial charge is 0.311 e. The SMILES string of the molecule is CCCC1(Cc2ccn(C)n2)CCCN1. The molecule has 1 aromatic rings. The van der Waals surface area contributed by atoms with E-state index in [0.29, 0.717) is 5.54 Å². The third kappa shape index (κ3) is 2.40. The normalized spacial score (nSPS) is 26.0. The fraction of sp³-hybridized carbons (Fsp3) is 0.750. The Hall–Kier alpha value is -0.830. The summed E-state index contributed by atoms with van der Waals surface area (Å²) in [6.45, 7) is 3.44. The van der Waals surface area contributed by atoms with Crippen LogP contribution in [0, 0.1) is 0 Å². The molecule has 2 rings (SSSR count). The van der Waals surface area contributed by atoms with Crippen LogP contribution >= 0.6 is 0 Å². The van der Waals surface area contributed by atoms with Crippen LogP contribution in [0.2, 0.25) is 0 Å². The maximum Gasteiger partial charge on any atom is 0.0642 e. The predicted octanol–water partition coefficient (Wildman–Crippen LogP) is 1.88. The molecule has 0 saturated carbocycles. The zero-order chi connectivity index (χ0) is 10.7. The molecule has 0 aliphatic carbocycles. The molecule has 1 N–H and O–H groups in total. The van der Waals surface area contributed by atoms with E-state index in [1.807, 2.05) is 17.9 Å². The molecule has 0 spiro atoms. The Kier molecular flexibility index (Phi) is 3.10. The van der Waals surface area contributed by atoms with Gasteiger partial charge < -0.3 is 5.32 Å². The van der Waals surface area contributed by atoms with Gasteiger partial charge in [0.2, 0.25) is 0 Å². The molecule has 1 aromatic heterocycles. The number of aryl methyl sites for hydroxylation is 1. The average molecular weight is 207 g/mol. The van der Waals surface area contributed by atoms with E-state index < -0.39 is 0 Å². The Morgan fingerprint density at radius 1 is 1.60 bits per heavy atom. The topological polar surface area (TPSA) is 29.9 Å². The van der Waals surface area contributed by atoms with Gasteiger partial charge in [0.15, 0.2) is 0 Å². The maximum absolute atomic E-state index is 4.48. The van der Waals surface area contributed by atoms with Gasteiger partial charge in [-0.2, -0.15) is 5.10 Å². The fourth-order valence-corrected chi connectivity index (χ4v) is 2.70. The molecule has 0 amide bonds. The highest BCUT2D eigenvalue weighted by Gasteiger charge is 2.32. The number of nitrogens with one attached hydrogen (secondary N) is 1. The monoisotopic (exact) mass is 207 g/mol. The number of aromatic nitrogens is 2. The molecular weight excluding hydrogens is 186 g/mol. The lowest BCUT2D eigenvalue weighted by Gasteiger charge is -2.28. The van der Waals surface area contributed by atoms with Crippen LogP contribution in [0.5, 0.6) is 0 Å². The minimum Gasteiger partial charge on any atom is -0.311 e. The minimum atomic E-state index is 0.336. The molecule has 3 nitrogen and oxygen atoms in total. The molecule has 0 aromatic carbocycles. The summed E-state index contributed by atoms with van der Waals surface area (Å²) in [7, 11) is 1.98. The summed E-state index contributed by atoms with van der Waals surface area (Å²) in [5.41, 5.74) is 1.56. The van der Waals surface area contributed by atoms with E-state index in [4.69, 9.17) is 0 Å². The molecule has 1 unspecified atom stereocenters. The van der Waals surface area contributed by atoms with Gasteiger partial charge in [-0.25, -0.2) is 0 Å². The molecule has 0 radical (unpaired) electrons. The summed E-state index contributed by atoms with van der Waals surface area (Å²) in [6, 6.07) is 2.14. The van der Waals surface area contributed by atoms with Gasteiger partial charge in [-0.05, 0) is 31.9 Å². The van der Waals surface area contributed by atoms with Crippen LogP contribution in [0.15, 0.2) is 12.3 Å². The Labute approximate surface area is 91.9 Å². The van der Waals surface area contributed by atoms with Crippen LogP contribution < -0.4 is 5.32 Å². The molecule has 1 aliphatic heterocycles. The van der Waals surface area contributed by atoms with Crippen LogP contribution in [0.3, 0.4) is 0 Å². The highest BCUT2D eigenvalue weighted by atomic mass is 15.2. The van der Waals surface area contributed by atoms with Crippen molar-refractivity contribution in [3.63, 3.8) is 0 Å². The smallest absolute Gasteiger partial charge is 0.0642 e. The number of hydrogen-bond acceptors (Lipinski definition) is 2. The van der Waals surface area contributed by atoms with Gasteiger partial charge in [0.1, 0.15) is 0 Å². The van der Waals surface area contributed by atoms with Crippen LogP contribution in [-0.2, 0) is 13.5 Å². The molecule has 3 heteroatoms. The van der Waals surface area contributed by atoms with E-state index in [-0.39, 0.29) is 0 Å². The first-order chi connectivity index (χ1) is 7.24. The van der Waals surface area contributed by atoms with Crippen molar-refractivity contribution in [2.75, 3.05) is 6.54 Å². The average Bonchev–Trinajstić information content (AvgIpc) is 2.78. The summed E-state index contributed by atoms with van der Waals surface area (Å²) in [6.07, 6.45) is 8.25. The molecular formula is C12H21N3. The van der Waals surface area contributed by atoms with Crippen molar-refractivity contribution >= 4 is 0 Å². The minimum absolute atomic E-state index is 0.336. The van der Waals surface area contributed by atoms with E-state index in [2.05, 4.69) is 23.4 Å². The number of rotatable bonds is 4. The van der Waals surface area contributed by atoms with Crippen LogP contribution in [0.4, 0.5) is 0 Å². The first-order valence-corrected chi connectivity index (χ1v) is 5.98. The lowest BCUT2D eigenvalue weighted by Crippen LogP contribution is -2.41. The third-order valence-electron chi connectivity index (χ3n) is 3.35. The van der Waals surface area contributed by atoms with E-state index in [1.165, 1.54) is 37.9 Å². The number of nitrogens with zero attached hydrogens (tertiary/aromatic N) is 2. The fourth-order valence-electron chi connectivity index (χ4n) is 2.70. The second kappa shape index (κ2) is 4.35. The van der Waals surface area contributed by atoms with Crippen molar-refractivity contribution in [3.8, 4) is 0 Å². The van der Waals surface area contributed by atoms with E-state index in [0.717, 1.165) is 6.42 Å². The molecule has 1 fully saturated rings. The molecule has 1 aliphatic rings. The van der Waals surface area contributed by atoms with Gasteiger partial charge in [0.25, 0.3) is 0 Å². The van der Waals surface area contributed by atoms with E-state index in [1.54, 1.807) is 0 Å². The molecule has 0 bridgehead atoms. The van der Waals surface area contributed by atoms with Crippen molar-refractivity contribution in [1.82, 2.24) is 15.1 Å². The van der Waals surface area contributed by atoms with Crippen molar-refractivity contribution < 1.29 is 0 Å². The maximum atomic E-state index is 4.48. The summed E-state index contributed by atoms with van der Waals surface area (Å²) in [4.78, 5) is 0. The Balaban J connectivity index is 2.06. The summed E-state index contributed by atoms with van der Waals surface area (Å²) in [5, 5.41) is 8.16. The third-order valence-corrected chi connectivity index (χ3v) is 3.35. The highest BCUT2D eigenvalue weighted by Crippen LogP contribution is 2.28. The van der Waals surface area contributed by atoms with Gasteiger partial charge >= 0.3 is 0 Å². The summed E-state index contributed by atoms with van der Waals surface area (Å²) < 4.78 is 1.89. The molecule has 2 heterocycles. The molecule has 84 valence electrons. The second-order valence-electron chi connectivity index (χ2n) is 4.72. The molecule has 1 atom stereocenters. The first kappa shape index (κ1) is 10.7.